The fourth-order valence-electron chi connectivity index (χ4n) is 3.08. The largest absolute Gasteiger partial charge is 0.497 e. The van der Waals surface area contributed by atoms with Crippen molar-refractivity contribution in [1.82, 2.24) is 0 Å². The molecule has 3 unspecified atom stereocenters. The zero-order chi connectivity index (χ0) is 20.3. The van der Waals surface area contributed by atoms with Crippen LogP contribution in [-0.2, 0) is 14.3 Å². The van der Waals surface area contributed by atoms with E-state index in [9.17, 15) is 9.59 Å². The van der Waals surface area contributed by atoms with Crippen molar-refractivity contribution in [2.45, 2.75) is 29.3 Å². The van der Waals surface area contributed by atoms with E-state index in [0.717, 1.165) is 10.5 Å². The number of nitrogens with two attached hydrogens (primary N) is 1. The van der Waals surface area contributed by atoms with Crippen LogP contribution < -0.4 is 15.4 Å². The Morgan fingerprint density at radius 2 is 1.93 bits per heavy atom. The molecule has 2 aromatic carbocycles. The van der Waals surface area contributed by atoms with E-state index in [2.05, 4.69) is 6.58 Å². The number of benzene rings is 2. The number of rotatable bonds is 5. The third-order valence-corrected chi connectivity index (χ3v) is 5.78. The lowest BCUT2D eigenvalue weighted by Crippen LogP contribution is -2.50. The minimum Gasteiger partial charge on any atom is -0.497 e. The summed E-state index contributed by atoms with van der Waals surface area (Å²) in [6.45, 7) is 5.00. The number of fused-ring (bicyclic) bond motifs is 1. The number of amides is 1. The van der Waals surface area contributed by atoms with E-state index >= 15 is 0 Å². The summed E-state index contributed by atoms with van der Waals surface area (Å²) in [6, 6.07) is 14.8. The van der Waals surface area contributed by atoms with Crippen LogP contribution in [-0.4, -0.2) is 31.3 Å². The first kappa shape index (κ1) is 20.0. The van der Waals surface area contributed by atoms with Crippen molar-refractivity contribution in [3.05, 3.63) is 66.7 Å². The minimum absolute atomic E-state index is 0.388. The molecule has 0 saturated carbocycles. The number of hydrogen-bond donors (Lipinski definition) is 1. The fourth-order valence-corrected chi connectivity index (χ4v) is 4.39. The number of carbonyl (C=O) groups is 2. The summed E-state index contributed by atoms with van der Waals surface area (Å²) in [6.07, 6.45) is -0.297. The lowest BCUT2D eigenvalue weighted by molar-refractivity contribution is -0.153. The molecule has 0 spiro atoms. The highest BCUT2D eigenvalue weighted by atomic mass is 32.2. The van der Waals surface area contributed by atoms with Gasteiger partial charge >= 0.3 is 5.97 Å². The quantitative estimate of drug-likeness (QED) is 0.615. The Morgan fingerprint density at radius 1 is 1.25 bits per heavy atom. The van der Waals surface area contributed by atoms with E-state index in [1.165, 1.54) is 29.7 Å². The highest BCUT2D eigenvalue weighted by Gasteiger charge is 2.42. The van der Waals surface area contributed by atoms with Gasteiger partial charge in [-0.2, -0.15) is 0 Å². The topological polar surface area (TPSA) is 81.9 Å². The molecule has 2 N–H and O–H groups in total. The number of ether oxygens (including phenoxy) is 2. The summed E-state index contributed by atoms with van der Waals surface area (Å²) in [5, 5.41) is -0.439. The van der Waals surface area contributed by atoms with E-state index in [0.29, 0.717) is 11.4 Å². The summed E-state index contributed by atoms with van der Waals surface area (Å²) in [5.41, 5.74) is 7.66. The van der Waals surface area contributed by atoms with Crippen LogP contribution in [0.1, 0.15) is 17.7 Å². The summed E-state index contributed by atoms with van der Waals surface area (Å²) in [5.74, 6) is -0.218. The van der Waals surface area contributed by atoms with Crippen LogP contribution in [0.4, 0.5) is 5.69 Å². The molecular weight excluding hydrogens is 376 g/mol. The van der Waals surface area contributed by atoms with Gasteiger partial charge in [-0.1, -0.05) is 36.9 Å². The molecule has 28 heavy (non-hydrogen) atoms. The van der Waals surface area contributed by atoms with E-state index in [-0.39, 0.29) is 5.91 Å². The number of anilines is 1. The van der Waals surface area contributed by atoms with Crippen LogP contribution in [0, 0.1) is 0 Å². The maximum atomic E-state index is 13.4. The number of carbonyl (C=O) groups excluding carboxylic acids is 2. The first-order chi connectivity index (χ1) is 13.5. The highest BCUT2D eigenvalue weighted by molar-refractivity contribution is 7.99. The van der Waals surface area contributed by atoms with Crippen molar-refractivity contribution in [2.75, 3.05) is 12.0 Å². The van der Waals surface area contributed by atoms with Gasteiger partial charge in [0.25, 0.3) is 5.91 Å². The Hall–Kier alpha value is -2.77. The molecule has 0 fully saturated rings. The van der Waals surface area contributed by atoms with Crippen molar-refractivity contribution >= 4 is 29.3 Å². The third-order valence-electron chi connectivity index (χ3n) is 4.41. The second-order valence-electron chi connectivity index (χ2n) is 6.24. The summed E-state index contributed by atoms with van der Waals surface area (Å²) in [7, 11) is 1.59. The molecule has 0 bridgehead atoms. The Bertz CT molecular complexity index is 884. The first-order valence-corrected chi connectivity index (χ1v) is 9.62. The number of esters is 1. The lowest BCUT2D eigenvalue weighted by atomic mass is 10.1. The van der Waals surface area contributed by atoms with Gasteiger partial charge < -0.3 is 15.2 Å². The molecule has 7 heteroatoms. The van der Waals surface area contributed by atoms with E-state index in [1.54, 1.807) is 7.11 Å². The van der Waals surface area contributed by atoms with Crippen molar-refractivity contribution < 1.29 is 19.1 Å². The minimum atomic E-state index is -1.03. The smallest absolute Gasteiger partial charge is 0.303 e. The Morgan fingerprint density at radius 3 is 2.54 bits per heavy atom. The maximum absolute atomic E-state index is 13.4. The Balaban J connectivity index is 2.13. The molecule has 1 aliphatic heterocycles. The van der Waals surface area contributed by atoms with E-state index in [4.69, 9.17) is 15.2 Å². The normalized spacial score (nSPS) is 20.0. The summed E-state index contributed by atoms with van der Waals surface area (Å²) >= 11 is 1.46. The summed E-state index contributed by atoms with van der Waals surface area (Å²) in [4.78, 5) is 27.5. The molecule has 1 aliphatic rings. The monoisotopic (exact) mass is 398 g/mol. The third kappa shape index (κ3) is 3.90. The van der Waals surface area contributed by atoms with Crippen molar-refractivity contribution in [3.63, 3.8) is 0 Å². The van der Waals surface area contributed by atoms with Crippen LogP contribution in [0.5, 0.6) is 5.75 Å². The second-order valence-corrected chi connectivity index (χ2v) is 7.43. The first-order valence-electron chi connectivity index (χ1n) is 8.74. The second kappa shape index (κ2) is 8.50. The van der Waals surface area contributed by atoms with Gasteiger partial charge in [0, 0.05) is 11.8 Å². The number of nitrogens with zero attached hydrogens (tertiary/aromatic N) is 1. The predicted molar refractivity (Wildman–Crippen MR) is 109 cm³/mol. The molecule has 2 aromatic rings. The molecule has 1 amide bonds. The standard InChI is InChI=1S/C21H22N2O4S/c1-4-18(22)23-16-7-5-6-8-17(16)28-20(19(21(23)25)27-13(2)24)14-9-11-15(26-3)12-10-14/h4-12,18-20H,1,22H2,2-3H3. The molecule has 0 aliphatic carbocycles. The predicted octanol–water partition coefficient (Wildman–Crippen LogP) is 3.28. The number of methoxy groups -OCH3 is 1. The van der Waals surface area contributed by atoms with E-state index in [1.807, 2.05) is 48.5 Å². The van der Waals surface area contributed by atoms with Gasteiger partial charge in [-0.15, -0.1) is 11.8 Å². The van der Waals surface area contributed by atoms with Gasteiger partial charge in [0.2, 0.25) is 0 Å². The van der Waals surface area contributed by atoms with Crippen LogP contribution in [0.25, 0.3) is 0 Å². The fraction of sp³-hybridized carbons (Fsp3) is 0.238. The van der Waals surface area contributed by atoms with Gasteiger partial charge in [-0.05, 0) is 29.8 Å². The number of hydrogen-bond acceptors (Lipinski definition) is 6. The zero-order valence-corrected chi connectivity index (χ0v) is 16.5. The van der Waals surface area contributed by atoms with Crippen LogP contribution >= 0.6 is 11.8 Å². The van der Waals surface area contributed by atoms with Crippen molar-refractivity contribution in [3.8, 4) is 5.75 Å². The highest BCUT2D eigenvalue weighted by Crippen LogP contribution is 2.47. The zero-order valence-electron chi connectivity index (χ0n) is 15.7. The van der Waals surface area contributed by atoms with Crippen LogP contribution in [0.2, 0.25) is 0 Å². The van der Waals surface area contributed by atoms with E-state index < -0.39 is 23.5 Å². The van der Waals surface area contributed by atoms with Gasteiger partial charge in [0.05, 0.1) is 18.0 Å². The molecule has 146 valence electrons. The molecule has 0 saturated heterocycles. The average molecular weight is 398 g/mol. The maximum Gasteiger partial charge on any atom is 0.303 e. The van der Waals surface area contributed by atoms with Crippen LogP contribution in [0.3, 0.4) is 0 Å². The molecule has 0 radical (unpaired) electrons. The molecule has 3 atom stereocenters. The Kier molecular flexibility index (Phi) is 6.06. The van der Waals surface area contributed by atoms with Gasteiger partial charge in [-0.3, -0.25) is 14.5 Å². The molecule has 3 rings (SSSR count). The summed E-state index contributed by atoms with van der Waals surface area (Å²) < 4.78 is 10.7. The van der Waals surface area contributed by atoms with Gasteiger partial charge in [-0.25, -0.2) is 0 Å². The molecule has 0 aromatic heterocycles. The van der Waals surface area contributed by atoms with Gasteiger partial charge in [0.1, 0.15) is 11.9 Å². The van der Waals surface area contributed by atoms with Crippen LogP contribution in [0.15, 0.2) is 66.1 Å². The van der Waals surface area contributed by atoms with Crippen molar-refractivity contribution in [2.24, 2.45) is 5.73 Å². The number of para-hydroxylation sites is 1. The van der Waals surface area contributed by atoms with Crippen molar-refractivity contribution in [1.29, 1.82) is 0 Å². The molecular formula is C21H22N2O4S. The molecule has 1 heterocycles. The van der Waals surface area contributed by atoms with Gasteiger partial charge in [0.15, 0.2) is 6.10 Å². The SMILES string of the molecule is C=CC(N)N1C(=O)C(OC(C)=O)C(c2ccc(OC)cc2)Sc2ccccc21. The molecule has 6 nitrogen and oxygen atoms in total. The number of thioether (sulfide) groups is 1. The average Bonchev–Trinajstić information content (AvgIpc) is 2.82. The Labute approximate surface area is 168 Å². The lowest BCUT2D eigenvalue weighted by Gasteiger charge is -2.30.